The molecular formula is C68H48N2. The maximum atomic E-state index is 2.51. The molecule has 0 atom stereocenters. The fraction of sp³-hybridized carbons (Fsp3) is 0.0588. The molecule has 2 aliphatic rings. The van der Waals surface area contributed by atoms with Crippen LogP contribution in [0.15, 0.2) is 255 Å². The Morgan fingerprint density at radius 1 is 0.343 bits per heavy atom. The van der Waals surface area contributed by atoms with Crippen molar-refractivity contribution in [2.75, 3.05) is 4.90 Å². The first-order valence-electron chi connectivity index (χ1n) is 24.5. The Labute approximate surface area is 409 Å². The molecule has 0 radical (unpaired) electrons. The summed E-state index contributed by atoms with van der Waals surface area (Å²) >= 11 is 0. The van der Waals surface area contributed by atoms with Gasteiger partial charge in [0.2, 0.25) is 0 Å². The number of hydrogen-bond donors (Lipinski definition) is 0. The molecule has 1 aromatic heterocycles. The van der Waals surface area contributed by atoms with Crippen LogP contribution >= 0.6 is 0 Å². The van der Waals surface area contributed by atoms with Crippen molar-refractivity contribution in [2.45, 2.75) is 24.7 Å². The van der Waals surface area contributed by atoms with E-state index in [0.717, 1.165) is 17.1 Å². The summed E-state index contributed by atoms with van der Waals surface area (Å²) in [5.41, 5.74) is 21.4. The molecule has 330 valence electrons. The van der Waals surface area contributed by atoms with E-state index in [0.29, 0.717) is 0 Å². The van der Waals surface area contributed by atoms with E-state index in [1.807, 2.05) is 0 Å². The predicted octanol–water partition coefficient (Wildman–Crippen LogP) is 17.7. The van der Waals surface area contributed by atoms with Gasteiger partial charge < -0.3 is 9.47 Å². The van der Waals surface area contributed by atoms with E-state index in [1.54, 1.807) is 0 Å². The first kappa shape index (κ1) is 40.4. The van der Waals surface area contributed by atoms with Gasteiger partial charge in [-0.25, -0.2) is 0 Å². The number of hydrogen-bond acceptors (Lipinski definition) is 1. The summed E-state index contributed by atoms with van der Waals surface area (Å²) in [6.07, 6.45) is 0. The Morgan fingerprint density at radius 2 is 0.871 bits per heavy atom. The second-order valence-corrected chi connectivity index (χ2v) is 19.6. The van der Waals surface area contributed by atoms with Crippen LogP contribution in [0.4, 0.5) is 17.1 Å². The second kappa shape index (κ2) is 15.4. The van der Waals surface area contributed by atoms with Crippen LogP contribution in [0.3, 0.4) is 0 Å². The van der Waals surface area contributed by atoms with E-state index in [1.165, 1.54) is 105 Å². The second-order valence-electron chi connectivity index (χ2n) is 19.6. The van der Waals surface area contributed by atoms with Crippen molar-refractivity contribution >= 4 is 49.6 Å². The van der Waals surface area contributed by atoms with Crippen molar-refractivity contribution in [3.05, 3.63) is 288 Å². The summed E-state index contributed by atoms with van der Waals surface area (Å²) in [5, 5.41) is 5.00. The van der Waals surface area contributed by atoms with Crippen LogP contribution in [0.5, 0.6) is 0 Å². The topological polar surface area (TPSA) is 8.17 Å². The summed E-state index contributed by atoms with van der Waals surface area (Å²) in [6, 6.07) is 95.1. The maximum Gasteiger partial charge on any atom is 0.0715 e. The number of nitrogens with zero attached hydrogens (tertiary/aromatic N) is 2. The molecule has 0 spiro atoms. The number of rotatable bonds is 7. The van der Waals surface area contributed by atoms with Gasteiger partial charge in [-0.1, -0.05) is 208 Å². The fourth-order valence-corrected chi connectivity index (χ4v) is 12.5. The van der Waals surface area contributed by atoms with E-state index in [2.05, 4.69) is 278 Å². The van der Waals surface area contributed by atoms with Gasteiger partial charge in [-0.2, -0.15) is 0 Å². The first-order valence-corrected chi connectivity index (χ1v) is 24.5. The van der Waals surface area contributed by atoms with Crippen LogP contribution in [-0.2, 0) is 10.8 Å². The molecule has 0 saturated carbocycles. The predicted molar refractivity (Wildman–Crippen MR) is 293 cm³/mol. The van der Waals surface area contributed by atoms with Gasteiger partial charge in [0, 0.05) is 38.8 Å². The molecule has 0 N–H and O–H groups in total. The highest BCUT2D eigenvalue weighted by Gasteiger charge is 2.48. The zero-order chi connectivity index (χ0) is 46.6. The Kier molecular flexibility index (Phi) is 8.88. The number of benzene rings is 11. The van der Waals surface area contributed by atoms with Crippen LogP contribution in [0.25, 0.3) is 71.6 Å². The van der Waals surface area contributed by atoms with Gasteiger partial charge in [-0.3, -0.25) is 0 Å². The first-order chi connectivity index (χ1) is 34.5. The van der Waals surface area contributed by atoms with Crippen LogP contribution in [0.1, 0.15) is 47.2 Å². The van der Waals surface area contributed by atoms with E-state index < -0.39 is 5.41 Å². The highest BCUT2D eigenvalue weighted by atomic mass is 15.1. The van der Waals surface area contributed by atoms with Gasteiger partial charge >= 0.3 is 0 Å². The lowest BCUT2D eigenvalue weighted by atomic mass is 9.67. The third-order valence-electron chi connectivity index (χ3n) is 15.6. The molecule has 0 aliphatic heterocycles. The van der Waals surface area contributed by atoms with Crippen LogP contribution < -0.4 is 4.90 Å². The number of aromatic nitrogens is 1. The lowest BCUT2D eigenvalue weighted by Gasteiger charge is -2.35. The zero-order valence-corrected chi connectivity index (χ0v) is 39.1. The molecule has 0 bridgehead atoms. The summed E-state index contributed by atoms with van der Waals surface area (Å²) in [4.78, 5) is 2.49. The Morgan fingerprint density at radius 3 is 1.57 bits per heavy atom. The van der Waals surface area contributed by atoms with Gasteiger partial charge in [-0.05, 0) is 133 Å². The molecule has 0 unspecified atom stereocenters. The largest absolute Gasteiger partial charge is 0.310 e. The molecule has 2 heteroatoms. The van der Waals surface area contributed by atoms with Gasteiger partial charge in [0.25, 0.3) is 0 Å². The standard InChI is InChI=1S/C68H48N2/c1-67(2)59-27-14-11-24-54(59)55-40-38-52(43-61(55)67)69(51-36-34-46(35-37-51)48-33-32-45-18-9-10-19-47(45)42-48)53-39-41-58-62(44-53)68(49-20-5-3-6-21-49,50-22-7-4-8-23-50)60-28-17-31-65(66(58)60)70-63-29-15-12-25-56(63)57-26-13-16-30-64(57)70/h3-44H,1-2H3. The minimum atomic E-state index is -0.634. The summed E-state index contributed by atoms with van der Waals surface area (Å²) in [7, 11) is 0. The Hall–Kier alpha value is -8.72. The van der Waals surface area contributed by atoms with Crippen molar-refractivity contribution < 1.29 is 0 Å². The van der Waals surface area contributed by atoms with Crippen molar-refractivity contribution in [1.29, 1.82) is 0 Å². The molecule has 0 saturated heterocycles. The Balaban J connectivity index is 1.03. The molecule has 70 heavy (non-hydrogen) atoms. The van der Waals surface area contributed by atoms with Crippen molar-refractivity contribution in [3.8, 4) is 39.1 Å². The van der Waals surface area contributed by atoms with Gasteiger partial charge in [-0.15, -0.1) is 0 Å². The van der Waals surface area contributed by atoms with Crippen molar-refractivity contribution in [1.82, 2.24) is 4.57 Å². The van der Waals surface area contributed by atoms with E-state index in [9.17, 15) is 0 Å². The lowest BCUT2D eigenvalue weighted by molar-refractivity contribution is 0.660. The molecule has 14 rings (SSSR count). The monoisotopic (exact) mass is 892 g/mol. The number of para-hydroxylation sites is 2. The molecule has 2 nitrogen and oxygen atoms in total. The Bertz CT molecular complexity index is 3930. The quantitative estimate of drug-likeness (QED) is 0.155. The molecule has 2 aliphatic carbocycles. The van der Waals surface area contributed by atoms with Crippen LogP contribution in [-0.4, -0.2) is 4.57 Å². The molecular weight excluding hydrogens is 845 g/mol. The van der Waals surface area contributed by atoms with Gasteiger partial charge in [0.05, 0.1) is 22.1 Å². The average Bonchev–Trinajstić information content (AvgIpc) is 4.00. The van der Waals surface area contributed by atoms with Crippen molar-refractivity contribution in [2.24, 2.45) is 0 Å². The normalized spacial score (nSPS) is 13.8. The van der Waals surface area contributed by atoms with Gasteiger partial charge in [0.1, 0.15) is 0 Å². The molecule has 0 fully saturated rings. The minimum Gasteiger partial charge on any atom is -0.310 e. The van der Waals surface area contributed by atoms with Crippen LogP contribution in [0, 0.1) is 0 Å². The average molecular weight is 893 g/mol. The minimum absolute atomic E-state index is 0.161. The summed E-state index contributed by atoms with van der Waals surface area (Å²) in [5.74, 6) is 0. The summed E-state index contributed by atoms with van der Waals surface area (Å²) in [6.45, 7) is 4.75. The van der Waals surface area contributed by atoms with E-state index in [4.69, 9.17) is 0 Å². The molecule has 1 heterocycles. The third-order valence-corrected chi connectivity index (χ3v) is 15.6. The van der Waals surface area contributed by atoms with Crippen molar-refractivity contribution in [3.63, 3.8) is 0 Å². The fourth-order valence-electron chi connectivity index (χ4n) is 12.5. The SMILES string of the molecule is CC1(C)c2ccccc2-c2ccc(N(c3ccc(-c4ccc5ccccc5c4)cc3)c3ccc4c(c3)C(c3ccccc3)(c3ccccc3)c3cccc(-n5c6ccccc6c6ccccc65)c3-4)cc21. The molecule has 0 amide bonds. The van der Waals surface area contributed by atoms with E-state index >= 15 is 0 Å². The number of anilines is 3. The smallest absolute Gasteiger partial charge is 0.0715 e. The lowest BCUT2D eigenvalue weighted by Crippen LogP contribution is -2.28. The molecule has 11 aromatic carbocycles. The molecule has 12 aromatic rings. The van der Waals surface area contributed by atoms with Gasteiger partial charge in [0.15, 0.2) is 0 Å². The summed E-state index contributed by atoms with van der Waals surface area (Å²) < 4.78 is 2.50. The maximum absolute atomic E-state index is 2.51. The van der Waals surface area contributed by atoms with E-state index in [-0.39, 0.29) is 5.41 Å². The highest BCUT2D eigenvalue weighted by Crippen LogP contribution is 2.59. The highest BCUT2D eigenvalue weighted by molar-refractivity contribution is 6.10. The zero-order valence-electron chi connectivity index (χ0n) is 39.1. The number of fused-ring (bicyclic) bond motifs is 10. The third kappa shape index (κ3) is 5.80. The van der Waals surface area contributed by atoms with Crippen LogP contribution in [0.2, 0.25) is 0 Å².